The van der Waals surface area contributed by atoms with Crippen LogP contribution in [0.25, 0.3) is 11.0 Å². The van der Waals surface area contributed by atoms with Gasteiger partial charge in [-0.2, -0.15) is 0 Å². The van der Waals surface area contributed by atoms with Gasteiger partial charge in [0.1, 0.15) is 5.82 Å². The van der Waals surface area contributed by atoms with Crippen molar-refractivity contribution in [1.82, 2.24) is 9.55 Å². The van der Waals surface area contributed by atoms with E-state index in [0.717, 1.165) is 24.3 Å². The number of rotatable bonds is 4. The molecule has 0 saturated heterocycles. The molecule has 0 atom stereocenters. The van der Waals surface area contributed by atoms with Crippen molar-refractivity contribution in [2.75, 3.05) is 0 Å². The number of hydrogen-bond donors (Lipinski definition) is 0. The quantitative estimate of drug-likeness (QED) is 0.422. The molecule has 0 bridgehead atoms. The van der Waals surface area contributed by atoms with Crippen LogP contribution in [0.15, 0.2) is 78.9 Å². The van der Waals surface area contributed by atoms with E-state index < -0.39 is 0 Å². The second-order valence-corrected chi connectivity index (χ2v) is 6.18. The standard InChI is InChI=1S/C22H20N2.Cd/c1-17-23-22-20(15-18-9-4-2-5-10-18)13-8-14-21(22)24(17)16-19-11-6-3-7-12-19;/h2-14H,15-16H2,1H3;. The van der Waals surface area contributed by atoms with E-state index in [0.29, 0.717) is 0 Å². The van der Waals surface area contributed by atoms with Crippen molar-refractivity contribution in [2.24, 2.45) is 0 Å². The van der Waals surface area contributed by atoms with Gasteiger partial charge in [-0.25, -0.2) is 4.98 Å². The van der Waals surface area contributed by atoms with Gasteiger partial charge in [-0.3, -0.25) is 0 Å². The summed E-state index contributed by atoms with van der Waals surface area (Å²) >= 11 is 0. The molecule has 0 aliphatic heterocycles. The summed E-state index contributed by atoms with van der Waals surface area (Å²) < 4.78 is 2.30. The van der Waals surface area contributed by atoms with Crippen LogP contribution in [0.2, 0.25) is 0 Å². The zero-order valence-corrected chi connectivity index (χ0v) is 18.6. The summed E-state index contributed by atoms with van der Waals surface area (Å²) in [5.74, 6) is 1.06. The first kappa shape index (κ1) is 17.9. The van der Waals surface area contributed by atoms with Crippen LogP contribution < -0.4 is 0 Å². The number of aromatic nitrogens is 2. The van der Waals surface area contributed by atoms with E-state index in [4.69, 9.17) is 4.98 Å². The minimum absolute atomic E-state index is 0. The van der Waals surface area contributed by atoms with Crippen LogP contribution in [0.3, 0.4) is 0 Å². The Kier molecular flexibility index (Phi) is 5.68. The molecule has 4 rings (SSSR count). The van der Waals surface area contributed by atoms with Gasteiger partial charge >= 0.3 is 0 Å². The maximum absolute atomic E-state index is 4.87. The molecule has 1 heterocycles. The van der Waals surface area contributed by atoms with E-state index in [1.807, 2.05) is 0 Å². The number of benzene rings is 3. The molecule has 3 heteroatoms. The summed E-state index contributed by atoms with van der Waals surface area (Å²) in [4.78, 5) is 4.87. The van der Waals surface area contributed by atoms with Gasteiger partial charge in [-0.15, -0.1) is 0 Å². The molecule has 0 aliphatic rings. The van der Waals surface area contributed by atoms with Gasteiger partial charge in [-0.05, 0) is 36.1 Å². The number of para-hydroxylation sites is 1. The minimum Gasteiger partial charge on any atom is -0.324 e. The monoisotopic (exact) mass is 426 g/mol. The zero-order chi connectivity index (χ0) is 16.4. The molecule has 0 spiro atoms. The SMILES string of the molecule is Cc1nc2c(Cc3ccccc3)cccc2n1Cc1ccccc1.[Cd]. The average Bonchev–Trinajstić information content (AvgIpc) is 2.94. The molecular weight excluding hydrogens is 405 g/mol. The fourth-order valence-corrected chi connectivity index (χ4v) is 3.25. The number of aryl methyl sites for hydroxylation is 1. The Morgan fingerprint density at radius 3 is 2.08 bits per heavy atom. The molecule has 0 aliphatic carbocycles. The van der Waals surface area contributed by atoms with Gasteiger partial charge in [-0.1, -0.05) is 72.8 Å². The molecule has 0 amide bonds. The van der Waals surface area contributed by atoms with Crippen LogP contribution >= 0.6 is 0 Å². The smallest absolute Gasteiger partial charge is 0.107 e. The molecule has 120 valence electrons. The Morgan fingerprint density at radius 1 is 0.760 bits per heavy atom. The predicted molar refractivity (Wildman–Crippen MR) is 99.3 cm³/mol. The van der Waals surface area contributed by atoms with Crippen molar-refractivity contribution in [3.8, 4) is 0 Å². The summed E-state index contributed by atoms with van der Waals surface area (Å²) in [6.45, 7) is 2.95. The summed E-state index contributed by atoms with van der Waals surface area (Å²) in [7, 11) is 0. The first-order valence-electron chi connectivity index (χ1n) is 8.34. The molecule has 0 unspecified atom stereocenters. The molecule has 0 N–H and O–H groups in total. The molecule has 25 heavy (non-hydrogen) atoms. The normalized spacial score (nSPS) is 10.6. The Labute approximate surface area is 168 Å². The molecule has 0 saturated carbocycles. The zero-order valence-electron chi connectivity index (χ0n) is 14.5. The van der Waals surface area contributed by atoms with Gasteiger partial charge in [0.05, 0.1) is 11.0 Å². The molecule has 3 aromatic carbocycles. The summed E-state index contributed by atoms with van der Waals surface area (Å²) in [5, 5.41) is 0. The van der Waals surface area contributed by atoms with Crippen LogP contribution in [0.5, 0.6) is 0 Å². The maximum atomic E-state index is 4.87. The van der Waals surface area contributed by atoms with E-state index in [1.54, 1.807) is 0 Å². The first-order valence-corrected chi connectivity index (χ1v) is 8.34. The van der Waals surface area contributed by atoms with Crippen molar-refractivity contribution in [2.45, 2.75) is 19.9 Å². The molecule has 1 aromatic heterocycles. The Bertz CT molecular complexity index is 959. The maximum Gasteiger partial charge on any atom is 0.107 e. The third kappa shape index (κ3) is 3.84. The largest absolute Gasteiger partial charge is 0.324 e. The van der Waals surface area contributed by atoms with Gasteiger partial charge in [0.15, 0.2) is 0 Å². The number of imidazole rings is 1. The van der Waals surface area contributed by atoms with Crippen molar-refractivity contribution in [1.29, 1.82) is 0 Å². The van der Waals surface area contributed by atoms with Crippen molar-refractivity contribution >= 4 is 11.0 Å². The Morgan fingerprint density at radius 2 is 1.40 bits per heavy atom. The average molecular weight is 425 g/mol. The number of fused-ring (bicyclic) bond motifs is 1. The summed E-state index contributed by atoms with van der Waals surface area (Å²) in [6.07, 6.45) is 0.917. The van der Waals surface area contributed by atoms with Gasteiger partial charge in [0.25, 0.3) is 0 Å². The van der Waals surface area contributed by atoms with E-state index in [9.17, 15) is 0 Å². The molecule has 2 nitrogen and oxygen atoms in total. The van der Waals surface area contributed by atoms with Crippen molar-refractivity contribution in [3.63, 3.8) is 0 Å². The van der Waals surface area contributed by atoms with Crippen LogP contribution in [0.1, 0.15) is 22.5 Å². The van der Waals surface area contributed by atoms with E-state index >= 15 is 0 Å². The van der Waals surface area contributed by atoms with Crippen molar-refractivity contribution in [3.05, 3.63) is 101 Å². The molecule has 4 aromatic rings. The summed E-state index contributed by atoms with van der Waals surface area (Å²) in [5.41, 5.74) is 6.24. The van der Waals surface area contributed by atoms with E-state index in [2.05, 4.69) is 90.4 Å². The van der Waals surface area contributed by atoms with Crippen LogP contribution in [-0.4, -0.2) is 9.55 Å². The van der Waals surface area contributed by atoms with E-state index in [1.165, 1.54) is 22.2 Å². The van der Waals surface area contributed by atoms with Crippen LogP contribution in [-0.2, 0) is 40.3 Å². The fraction of sp³-hybridized carbons (Fsp3) is 0.136. The first-order chi connectivity index (χ1) is 11.8. The number of nitrogens with zero attached hydrogens (tertiary/aromatic N) is 2. The summed E-state index contributed by atoms with van der Waals surface area (Å²) in [6, 6.07) is 27.7. The second kappa shape index (κ2) is 7.95. The molecule has 0 radical (unpaired) electrons. The Hall–Kier alpha value is -1.95. The van der Waals surface area contributed by atoms with Crippen molar-refractivity contribution < 1.29 is 27.3 Å². The molecular formula is C22H20CdN2. The van der Waals surface area contributed by atoms with Crippen LogP contribution in [0, 0.1) is 6.92 Å². The third-order valence-electron chi connectivity index (χ3n) is 4.47. The number of hydrogen-bond acceptors (Lipinski definition) is 1. The van der Waals surface area contributed by atoms with E-state index in [-0.39, 0.29) is 27.3 Å². The Balaban J connectivity index is 0.00000182. The van der Waals surface area contributed by atoms with Gasteiger partial charge in [0, 0.05) is 33.8 Å². The minimum atomic E-state index is 0. The fourth-order valence-electron chi connectivity index (χ4n) is 3.25. The molecule has 0 fully saturated rings. The predicted octanol–water partition coefficient (Wildman–Crippen LogP) is 4.98. The second-order valence-electron chi connectivity index (χ2n) is 6.18. The van der Waals surface area contributed by atoms with Crippen LogP contribution in [0.4, 0.5) is 0 Å². The topological polar surface area (TPSA) is 17.8 Å². The van der Waals surface area contributed by atoms with Gasteiger partial charge < -0.3 is 4.57 Å². The third-order valence-corrected chi connectivity index (χ3v) is 4.47. The van der Waals surface area contributed by atoms with Gasteiger partial charge in [0.2, 0.25) is 0 Å².